The first-order chi connectivity index (χ1) is 12.6. The van der Waals surface area contributed by atoms with Crippen molar-refractivity contribution in [2.75, 3.05) is 11.9 Å². The second kappa shape index (κ2) is 6.84. The van der Waals surface area contributed by atoms with Gasteiger partial charge in [0.15, 0.2) is 17.3 Å². The summed E-state index contributed by atoms with van der Waals surface area (Å²) >= 11 is 3.43. The lowest BCUT2D eigenvalue weighted by atomic mass is 10.1. The summed E-state index contributed by atoms with van der Waals surface area (Å²) in [5, 5.41) is 10.0. The Kier molecular flexibility index (Phi) is 4.38. The molecule has 0 bridgehead atoms. The van der Waals surface area contributed by atoms with E-state index in [1.165, 1.54) is 0 Å². The maximum Gasteiger partial charge on any atom is 0.270 e. The Hall–Kier alpha value is -2.80. The summed E-state index contributed by atoms with van der Waals surface area (Å²) in [5.74, 6) is 1.37. The molecule has 1 amide bonds. The van der Waals surface area contributed by atoms with Crippen molar-refractivity contribution in [2.24, 2.45) is 0 Å². The lowest BCUT2D eigenvalue weighted by Gasteiger charge is -2.25. The molecule has 2 aromatic carbocycles. The van der Waals surface area contributed by atoms with Gasteiger partial charge in [-0.1, -0.05) is 40.2 Å². The molecule has 2 heterocycles. The Bertz CT molecular complexity index is 953. The summed E-state index contributed by atoms with van der Waals surface area (Å²) in [7, 11) is 0. The number of aromatic amines is 1. The van der Waals surface area contributed by atoms with Gasteiger partial charge in [-0.15, -0.1) is 0 Å². The van der Waals surface area contributed by atoms with Gasteiger partial charge >= 0.3 is 0 Å². The standard InChI is InChI=1S/C19H16BrN3O3/c1-11-17(12-6-8-13(20)9-7-12)18(23-22-11)21-19(24)16-10-25-14-4-2-3-5-15(14)26-16/h2-9,16H,10H2,1H3,(H2,21,22,23,24)/t16-/m0/s1. The molecule has 1 atom stereocenters. The van der Waals surface area contributed by atoms with Crippen LogP contribution in [-0.2, 0) is 4.79 Å². The summed E-state index contributed by atoms with van der Waals surface area (Å²) < 4.78 is 12.3. The van der Waals surface area contributed by atoms with Crippen molar-refractivity contribution in [3.63, 3.8) is 0 Å². The molecule has 0 saturated heterocycles. The first kappa shape index (κ1) is 16.7. The van der Waals surface area contributed by atoms with Crippen molar-refractivity contribution in [1.82, 2.24) is 10.2 Å². The van der Waals surface area contributed by atoms with E-state index in [4.69, 9.17) is 9.47 Å². The van der Waals surface area contributed by atoms with Crippen LogP contribution in [0.2, 0.25) is 0 Å². The molecule has 26 heavy (non-hydrogen) atoms. The predicted molar refractivity (Wildman–Crippen MR) is 101 cm³/mol. The van der Waals surface area contributed by atoms with Crippen LogP contribution in [0.3, 0.4) is 0 Å². The number of ether oxygens (including phenoxy) is 2. The minimum Gasteiger partial charge on any atom is -0.485 e. The number of nitrogens with zero attached hydrogens (tertiary/aromatic N) is 1. The zero-order chi connectivity index (χ0) is 18.1. The van der Waals surface area contributed by atoms with E-state index >= 15 is 0 Å². The number of aryl methyl sites for hydroxylation is 1. The number of amides is 1. The maximum atomic E-state index is 12.6. The van der Waals surface area contributed by atoms with E-state index in [1.807, 2.05) is 49.4 Å². The van der Waals surface area contributed by atoms with E-state index < -0.39 is 6.10 Å². The monoisotopic (exact) mass is 413 g/mol. The van der Waals surface area contributed by atoms with Gasteiger partial charge in [-0.3, -0.25) is 9.89 Å². The average molecular weight is 414 g/mol. The largest absolute Gasteiger partial charge is 0.485 e. The number of H-pyrrole nitrogens is 1. The van der Waals surface area contributed by atoms with Crippen molar-refractivity contribution in [2.45, 2.75) is 13.0 Å². The second-order valence-corrected chi connectivity index (χ2v) is 6.85. The highest BCUT2D eigenvalue weighted by Crippen LogP contribution is 2.33. The van der Waals surface area contributed by atoms with Crippen LogP contribution >= 0.6 is 15.9 Å². The van der Waals surface area contributed by atoms with Crippen molar-refractivity contribution < 1.29 is 14.3 Å². The number of para-hydroxylation sites is 2. The SMILES string of the molecule is Cc1[nH]nc(NC(=O)[C@@H]2COc3ccccc3O2)c1-c1ccc(Br)cc1. The second-order valence-electron chi connectivity index (χ2n) is 5.93. The van der Waals surface area contributed by atoms with E-state index in [0.717, 1.165) is 21.3 Å². The summed E-state index contributed by atoms with van der Waals surface area (Å²) in [4.78, 5) is 12.6. The fourth-order valence-corrected chi connectivity index (χ4v) is 3.10. The number of anilines is 1. The minimum absolute atomic E-state index is 0.153. The van der Waals surface area contributed by atoms with E-state index in [0.29, 0.717) is 17.3 Å². The molecule has 0 fully saturated rings. The van der Waals surface area contributed by atoms with Gasteiger partial charge in [0, 0.05) is 15.7 Å². The van der Waals surface area contributed by atoms with Gasteiger partial charge < -0.3 is 14.8 Å². The van der Waals surface area contributed by atoms with Crippen LogP contribution in [0, 0.1) is 6.92 Å². The molecule has 0 saturated carbocycles. The molecule has 3 aromatic rings. The third-order valence-corrected chi connectivity index (χ3v) is 4.65. The molecule has 6 nitrogen and oxygen atoms in total. The van der Waals surface area contributed by atoms with Crippen LogP contribution in [0.5, 0.6) is 11.5 Å². The maximum absolute atomic E-state index is 12.6. The number of benzene rings is 2. The molecule has 1 aromatic heterocycles. The molecule has 1 aliphatic rings. The number of carbonyl (C=O) groups is 1. The Morgan fingerprint density at radius 2 is 1.92 bits per heavy atom. The Balaban J connectivity index is 1.55. The van der Waals surface area contributed by atoms with Crippen LogP contribution in [0.4, 0.5) is 5.82 Å². The van der Waals surface area contributed by atoms with Crippen molar-refractivity contribution in [3.05, 3.63) is 58.7 Å². The highest BCUT2D eigenvalue weighted by molar-refractivity contribution is 9.10. The van der Waals surface area contributed by atoms with Gasteiger partial charge in [-0.25, -0.2) is 0 Å². The third kappa shape index (κ3) is 3.17. The Morgan fingerprint density at radius 1 is 1.19 bits per heavy atom. The number of hydrogen-bond acceptors (Lipinski definition) is 4. The van der Waals surface area contributed by atoms with Gasteiger partial charge in [0.25, 0.3) is 5.91 Å². The summed E-state index contributed by atoms with van der Waals surface area (Å²) in [6.45, 7) is 2.07. The third-order valence-electron chi connectivity index (χ3n) is 4.12. The Morgan fingerprint density at radius 3 is 2.69 bits per heavy atom. The van der Waals surface area contributed by atoms with Crippen LogP contribution in [0.1, 0.15) is 5.69 Å². The van der Waals surface area contributed by atoms with Gasteiger partial charge in [-0.2, -0.15) is 5.10 Å². The zero-order valence-electron chi connectivity index (χ0n) is 14.0. The lowest BCUT2D eigenvalue weighted by Crippen LogP contribution is -2.40. The van der Waals surface area contributed by atoms with Crippen LogP contribution < -0.4 is 14.8 Å². The lowest BCUT2D eigenvalue weighted by molar-refractivity contribution is -0.125. The van der Waals surface area contributed by atoms with Gasteiger partial charge in [-0.05, 0) is 36.8 Å². The van der Waals surface area contributed by atoms with Crippen molar-refractivity contribution >= 4 is 27.7 Å². The van der Waals surface area contributed by atoms with Gasteiger partial charge in [0.2, 0.25) is 6.10 Å². The van der Waals surface area contributed by atoms with E-state index in [1.54, 1.807) is 6.07 Å². The number of aromatic nitrogens is 2. The summed E-state index contributed by atoms with van der Waals surface area (Å²) in [6, 6.07) is 15.1. The molecule has 0 radical (unpaired) electrons. The molecular weight excluding hydrogens is 398 g/mol. The topological polar surface area (TPSA) is 76.2 Å². The van der Waals surface area contributed by atoms with E-state index in [2.05, 4.69) is 31.4 Å². The molecule has 0 unspecified atom stereocenters. The zero-order valence-corrected chi connectivity index (χ0v) is 15.5. The average Bonchev–Trinajstić information content (AvgIpc) is 3.02. The highest BCUT2D eigenvalue weighted by atomic mass is 79.9. The quantitative estimate of drug-likeness (QED) is 0.681. The molecule has 0 aliphatic carbocycles. The number of nitrogens with one attached hydrogen (secondary N) is 2. The van der Waals surface area contributed by atoms with E-state index in [9.17, 15) is 4.79 Å². The van der Waals surface area contributed by atoms with Crippen LogP contribution in [0.15, 0.2) is 53.0 Å². The highest BCUT2D eigenvalue weighted by Gasteiger charge is 2.28. The van der Waals surface area contributed by atoms with Crippen LogP contribution in [0.25, 0.3) is 11.1 Å². The van der Waals surface area contributed by atoms with Crippen molar-refractivity contribution in [3.8, 4) is 22.6 Å². The fraction of sp³-hybridized carbons (Fsp3) is 0.158. The number of halogens is 1. The normalized spacial score (nSPS) is 15.5. The smallest absolute Gasteiger partial charge is 0.270 e. The number of rotatable bonds is 3. The van der Waals surface area contributed by atoms with Crippen molar-refractivity contribution in [1.29, 1.82) is 0 Å². The molecule has 132 valence electrons. The fourth-order valence-electron chi connectivity index (χ4n) is 2.84. The molecule has 4 rings (SSSR count). The summed E-state index contributed by atoms with van der Waals surface area (Å²) in [6.07, 6.45) is -0.736. The first-order valence-corrected chi connectivity index (χ1v) is 8.91. The molecule has 0 spiro atoms. The van der Waals surface area contributed by atoms with E-state index in [-0.39, 0.29) is 12.5 Å². The summed E-state index contributed by atoms with van der Waals surface area (Å²) in [5.41, 5.74) is 2.68. The number of hydrogen-bond donors (Lipinski definition) is 2. The van der Waals surface area contributed by atoms with Gasteiger partial charge in [0.05, 0.1) is 0 Å². The first-order valence-electron chi connectivity index (χ1n) is 8.12. The molecule has 7 heteroatoms. The van der Waals surface area contributed by atoms with Crippen LogP contribution in [-0.4, -0.2) is 28.8 Å². The number of carbonyl (C=O) groups excluding carboxylic acids is 1. The molecule has 2 N–H and O–H groups in total. The predicted octanol–water partition coefficient (Wildman–Crippen LogP) is 3.93. The van der Waals surface area contributed by atoms with Gasteiger partial charge in [0.1, 0.15) is 6.61 Å². The molecular formula is C19H16BrN3O3. The minimum atomic E-state index is -0.736. The molecule has 1 aliphatic heterocycles. The number of fused-ring (bicyclic) bond motifs is 1. The Labute approximate surface area is 158 Å².